The van der Waals surface area contributed by atoms with Crippen LogP contribution in [0.5, 0.6) is 0 Å². The third kappa shape index (κ3) is 16.5. The van der Waals surface area contributed by atoms with Crippen LogP contribution in [0.2, 0.25) is 0 Å². The number of guanidine groups is 1. The van der Waals surface area contributed by atoms with Gasteiger partial charge in [0, 0.05) is 24.9 Å². The number of H-pyrrole nitrogens is 1. The number of amides is 5. The van der Waals surface area contributed by atoms with E-state index in [0.717, 1.165) is 6.42 Å². The van der Waals surface area contributed by atoms with Crippen molar-refractivity contribution >= 4 is 35.5 Å². The van der Waals surface area contributed by atoms with Crippen LogP contribution in [0.1, 0.15) is 78.3 Å². The van der Waals surface area contributed by atoms with Gasteiger partial charge in [-0.05, 0) is 70.9 Å². The van der Waals surface area contributed by atoms with Crippen LogP contribution in [-0.4, -0.2) is 95.3 Å². The molecule has 0 aliphatic heterocycles. The molecule has 18 heteroatoms. The summed E-state index contributed by atoms with van der Waals surface area (Å²) in [6.45, 7) is 8.76. The van der Waals surface area contributed by atoms with Gasteiger partial charge in [-0.1, -0.05) is 20.8 Å². The third-order valence-corrected chi connectivity index (χ3v) is 7.35. The molecule has 272 valence electrons. The Labute approximate surface area is 282 Å². The van der Waals surface area contributed by atoms with Crippen LogP contribution in [0.15, 0.2) is 17.5 Å². The standard InChI is InChI=1S/C30H57N13O5/c1-5-12-36-19(4)25(44)39-21(9-6-7-11-31)26(45)41-23(14-18(2)3)27(46)42-24(15-20-16-35-17-38-20)28(47)40-22(29(48)43-34)10-8-13-37-30(32)33/h16-19,21-24,36H,5-15,31,34H2,1-4H3,(H,35,38)(H,39,44)(H,40,47)(H,41,45)(H,42,46)(H,43,48)(H4,32,33,37)/t19-,21-,22-,23-,24-/m0/s1. The first-order valence-corrected chi connectivity index (χ1v) is 16.5. The smallest absolute Gasteiger partial charge is 0.256 e. The van der Waals surface area contributed by atoms with Gasteiger partial charge in [-0.15, -0.1) is 0 Å². The second kappa shape index (κ2) is 23.1. The molecule has 0 aliphatic rings. The van der Waals surface area contributed by atoms with E-state index in [9.17, 15) is 24.0 Å². The number of carbonyl (C=O) groups is 5. The van der Waals surface area contributed by atoms with Crippen LogP contribution in [0.3, 0.4) is 0 Å². The molecule has 5 amide bonds. The van der Waals surface area contributed by atoms with E-state index in [4.69, 9.17) is 23.0 Å². The van der Waals surface area contributed by atoms with E-state index in [1.54, 1.807) is 6.92 Å². The molecule has 0 aromatic carbocycles. The molecule has 18 nitrogen and oxygen atoms in total. The normalized spacial score (nSPS) is 14.1. The largest absolute Gasteiger partial charge is 0.370 e. The average molecular weight is 680 g/mol. The van der Waals surface area contributed by atoms with Crippen molar-refractivity contribution in [1.82, 2.24) is 42.0 Å². The minimum Gasteiger partial charge on any atom is -0.370 e. The Morgan fingerprint density at radius 3 is 2.00 bits per heavy atom. The van der Waals surface area contributed by atoms with Crippen molar-refractivity contribution in [3.05, 3.63) is 18.2 Å². The maximum Gasteiger partial charge on any atom is 0.256 e. The highest BCUT2D eigenvalue weighted by molar-refractivity contribution is 5.96. The summed E-state index contributed by atoms with van der Waals surface area (Å²) in [5.41, 5.74) is 19.0. The minimum absolute atomic E-state index is 0.00526. The highest BCUT2D eigenvalue weighted by Gasteiger charge is 2.32. The number of rotatable bonds is 24. The van der Waals surface area contributed by atoms with Crippen molar-refractivity contribution in [2.24, 2.45) is 34.0 Å². The summed E-state index contributed by atoms with van der Waals surface area (Å²) in [5, 5.41) is 14.1. The van der Waals surface area contributed by atoms with E-state index in [2.05, 4.69) is 41.5 Å². The fraction of sp³-hybridized carbons (Fsp3) is 0.700. The van der Waals surface area contributed by atoms with Crippen LogP contribution in [0.4, 0.5) is 0 Å². The lowest BCUT2D eigenvalue weighted by atomic mass is 10.0. The van der Waals surface area contributed by atoms with Crippen molar-refractivity contribution in [3.63, 3.8) is 0 Å². The molecule has 5 atom stereocenters. The summed E-state index contributed by atoms with van der Waals surface area (Å²) in [7, 11) is 0. The topological polar surface area (TPSA) is 303 Å². The number of aliphatic imine (C=N–C) groups is 1. The zero-order valence-corrected chi connectivity index (χ0v) is 28.6. The second-order valence-electron chi connectivity index (χ2n) is 12.1. The number of unbranched alkanes of at least 4 members (excludes halogenated alkanes) is 1. The van der Waals surface area contributed by atoms with E-state index in [1.165, 1.54) is 12.5 Å². The van der Waals surface area contributed by atoms with Crippen molar-refractivity contribution in [2.45, 2.75) is 109 Å². The summed E-state index contributed by atoms with van der Waals surface area (Å²) in [4.78, 5) is 77.0. The summed E-state index contributed by atoms with van der Waals surface area (Å²) in [6.07, 6.45) is 6.10. The molecule has 0 spiro atoms. The molecular formula is C30H57N13O5. The molecular weight excluding hydrogens is 622 g/mol. The number of aromatic amines is 1. The number of nitrogens with two attached hydrogens (primary N) is 4. The molecule has 0 fully saturated rings. The van der Waals surface area contributed by atoms with Gasteiger partial charge >= 0.3 is 0 Å². The Balaban J connectivity index is 3.20. The van der Waals surface area contributed by atoms with Crippen LogP contribution < -0.4 is 55.1 Å². The Hall–Kier alpha value is -4.29. The van der Waals surface area contributed by atoms with Gasteiger partial charge in [0.25, 0.3) is 5.91 Å². The second-order valence-corrected chi connectivity index (χ2v) is 12.1. The number of imidazole rings is 1. The van der Waals surface area contributed by atoms with Gasteiger partial charge in [0.05, 0.1) is 12.4 Å². The maximum absolute atomic E-state index is 13.8. The SMILES string of the molecule is CCCN[C@@H](C)C(=O)N[C@@H](CCCCN)C(=O)N[C@@H](CC(C)C)C(=O)N[C@@H](Cc1cnc[nH]1)C(=O)N[C@@H](CCCN=C(N)N)C(=O)NN. The summed E-state index contributed by atoms with van der Waals surface area (Å²) in [5.74, 6) is 2.43. The van der Waals surface area contributed by atoms with Gasteiger partial charge in [-0.2, -0.15) is 0 Å². The lowest BCUT2D eigenvalue weighted by Gasteiger charge is -2.27. The number of nitrogens with one attached hydrogen (secondary N) is 7. The monoisotopic (exact) mass is 679 g/mol. The molecule has 15 N–H and O–H groups in total. The molecule has 1 rings (SSSR count). The number of nitrogens with zero attached hydrogens (tertiary/aromatic N) is 2. The Bertz CT molecular complexity index is 1160. The summed E-state index contributed by atoms with van der Waals surface area (Å²) < 4.78 is 0. The highest BCUT2D eigenvalue weighted by Crippen LogP contribution is 2.10. The van der Waals surface area contributed by atoms with Gasteiger partial charge in [-0.25, -0.2) is 10.8 Å². The van der Waals surface area contributed by atoms with Crippen molar-refractivity contribution in [2.75, 3.05) is 19.6 Å². The van der Waals surface area contributed by atoms with Crippen LogP contribution >= 0.6 is 0 Å². The van der Waals surface area contributed by atoms with E-state index >= 15 is 0 Å². The maximum atomic E-state index is 13.8. The molecule has 48 heavy (non-hydrogen) atoms. The number of aromatic nitrogens is 2. The first-order valence-electron chi connectivity index (χ1n) is 16.5. The van der Waals surface area contributed by atoms with Crippen LogP contribution in [-0.2, 0) is 30.4 Å². The number of hydrogen-bond donors (Lipinski definition) is 11. The fourth-order valence-corrected chi connectivity index (χ4v) is 4.73. The Kier molecular flexibility index (Phi) is 20.1. The van der Waals surface area contributed by atoms with Gasteiger partial charge in [-0.3, -0.25) is 34.4 Å². The van der Waals surface area contributed by atoms with E-state index in [1.807, 2.05) is 26.2 Å². The number of hydrazine groups is 1. The highest BCUT2D eigenvalue weighted by atomic mass is 16.2. The summed E-state index contributed by atoms with van der Waals surface area (Å²) >= 11 is 0. The molecule has 0 radical (unpaired) electrons. The predicted octanol–water partition coefficient (Wildman–Crippen LogP) is -2.50. The molecule has 0 saturated heterocycles. The van der Waals surface area contributed by atoms with Gasteiger partial charge < -0.3 is 48.8 Å². The molecule has 0 aliphatic carbocycles. The molecule has 0 bridgehead atoms. The third-order valence-electron chi connectivity index (χ3n) is 7.35. The van der Waals surface area contributed by atoms with E-state index in [-0.39, 0.29) is 43.6 Å². The van der Waals surface area contributed by atoms with Crippen LogP contribution in [0, 0.1) is 5.92 Å². The first kappa shape index (κ1) is 41.7. The first-order chi connectivity index (χ1) is 22.8. The lowest BCUT2D eigenvalue weighted by molar-refractivity contribution is -0.135. The fourth-order valence-electron chi connectivity index (χ4n) is 4.73. The summed E-state index contributed by atoms with van der Waals surface area (Å²) in [6, 6.07) is -4.68. The van der Waals surface area contributed by atoms with Gasteiger partial charge in [0.2, 0.25) is 23.6 Å². The van der Waals surface area contributed by atoms with Crippen molar-refractivity contribution in [3.8, 4) is 0 Å². The van der Waals surface area contributed by atoms with E-state index in [0.29, 0.717) is 44.5 Å². The lowest BCUT2D eigenvalue weighted by Crippen LogP contribution is -2.59. The molecule has 0 saturated carbocycles. The zero-order valence-electron chi connectivity index (χ0n) is 28.6. The quantitative estimate of drug-likeness (QED) is 0.0135. The predicted molar refractivity (Wildman–Crippen MR) is 182 cm³/mol. The number of carbonyl (C=O) groups excluding carboxylic acids is 5. The average Bonchev–Trinajstić information content (AvgIpc) is 3.56. The van der Waals surface area contributed by atoms with Crippen LogP contribution in [0.25, 0.3) is 0 Å². The molecule has 1 heterocycles. The minimum atomic E-state index is -1.17. The molecule has 1 aromatic rings. The van der Waals surface area contributed by atoms with Gasteiger partial charge in [0.15, 0.2) is 5.96 Å². The Morgan fingerprint density at radius 2 is 1.42 bits per heavy atom. The molecule has 0 unspecified atom stereocenters. The van der Waals surface area contributed by atoms with Crippen molar-refractivity contribution < 1.29 is 24.0 Å². The Morgan fingerprint density at radius 1 is 0.833 bits per heavy atom. The zero-order chi connectivity index (χ0) is 36.1. The van der Waals surface area contributed by atoms with Crippen molar-refractivity contribution in [1.29, 1.82) is 0 Å². The van der Waals surface area contributed by atoms with E-state index < -0.39 is 53.8 Å². The number of hydrogen-bond acceptors (Lipinski definition) is 10. The van der Waals surface area contributed by atoms with Gasteiger partial charge in [0.1, 0.15) is 24.2 Å². The molecule has 1 aromatic heterocycles.